The Labute approximate surface area is 91.6 Å². The molecule has 2 rings (SSSR count). The van der Waals surface area contributed by atoms with Crippen LogP contribution in [0.2, 0.25) is 0 Å². The van der Waals surface area contributed by atoms with Crippen LogP contribution in [0.1, 0.15) is 10.4 Å². The lowest BCUT2D eigenvalue weighted by Gasteiger charge is -2.02. The zero-order valence-electron chi connectivity index (χ0n) is 8.11. The number of hydrogen-bond donors (Lipinski definition) is 3. The van der Waals surface area contributed by atoms with Crippen molar-refractivity contribution in [2.75, 3.05) is 0 Å². The maximum Gasteiger partial charge on any atom is 0.483 e. The molecule has 0 radical (unpaired) electrons. The van der Waals surface area contributed by atoms with Crippen molar-refractivity contribution >= 4 is 24.4 Å². The van der Waals surface area contributed by atoms with Crippen molar-refractivity contribution in [3.8, 4) is 0 Å². The van der Waals surface area contributed by atoms with Gasteiger partial charge < -0.3 is 0 Å². The van der Waals surface area contributed by atoms with Gasteiger partial charge in [-0.15, -0.1) is 0 Å². The van der Waals surface area contributed by atoms with E-state index in [1.54, 1.807) is 24.3 Å². The van der Waals surface area contributed by atoms with E-state index in [0.29, 0.717) is 10.9 Å². The number of carbonyl (C=O) groups excluding carboxylic acids is 1. The number of benzene rings is 1. The third kappa shape index (κ3) is 2.08. The molecule has 6 heteroatoms. The van der Waals surface area contributed by atoms with Crippen molar-refractivity contribution in [1.82, 2.24) is 4.98 Å². The van der Waals surface area contributed by atoms with Gasteiger partial charge in [-0.2, -0.15) is 14.7 Å². The molecule has 0 amide bonds. The van der Waals surface area contributed by atoms with Gasteiger partial charge >= 0.3 is 13.5 Å². The van der Waals surface area contributed by atoms with Crippen LogP contribution < -0.4 is 0 Å². The van der Waals surface area contributed by atoms with Gasteiger partial charge in [-0.05, 0) is 12.1 Å². The Bertz CT molecular complexity index is 550. The highest BCUT2D eigenvalue weighted by Gasteiger charge is 2.43. The van der Waals surface area contributed by atoms with E-state index < -0.39 is 13.5 Å². The normalized spacial score (nSPS) is 11.7. The first kappa shape index (κ1) is 11.1. The van der Waals surface area contributed by atoms with E-state index in [0.717, 1.165) is 0 Å². The van der Waals surface area contributed by atoms with Gasteiger partial charge in [0.25, 0.3) is 0 Å². The predicted octanol–water partition coefficient (Wildman–Crippen LogP) is 1.11. The first-order chi connectivity index (χ1) is 7.48. The minimum absolute atomic E-state index is 0.0143. The molecule has 0 saturated heterocycles. The molecule has 0 aliphatic heterocycles. The van der Waals surface area contributed by atoms with Crippen LogP contribution >= 0.6 is 7.94 Å². The van der Waals surface area contributed by atoms with Gasteiger partial charge in [0.1, 0.15) is 0 Å². The van der Waals surface area contributed by atoms with Crippen molar-refractivity contribution < 1.29 is 19.5 Å². The van der Waals surface area contributed by atoms with Crippen molar-refractivity contribution in [3.05, 3.63) is 42.1 Å². The number of carbonyl (C=O) groups is 1. The predicted molar refractivity (Wildman–Crippen MR) is 59.6 cm³/mol. The van der Waals surface area contributed by atoms with Crippen LogP contribution in [0.15, 0.2) is 36.5 Å². The number of hydrogen-bond acceptors (Lipinski definition) is 5. The lowest BCUT2D eigenvalue weighted by molar-refractivity contribution is 0.102. The quantitative estimate of drug-likeness (QED) is 0.682. The smallest absolute Gasteiger partial charge is 0.255 e. The summed E-state index contributed by atoms with van der Waals surface area (Å²) in [5.74, 6) is 0. The van der Waals surface area contributed by atoms with Gasteiger partial charge in [0.05, 0.1) is 11.1 Å². The molecule has 0 spiro atoms. The summed E-state index contributed by atoms with van der Waals surface area (Å²) in [6, 6.07) is 8.55. The van der Waals surface area contributed by atoms with Gasteiger partial charge in [0.15, 0.2) is 0 Å². The minimum Gasteiger partial charge on any atom is -0.255 e. The van der Waals surface area contributed by atoms with Crippen molar-refractivity contribution in [1.29, 1.82) is 0 Å². The molecule has 0 unspecified atom stereocenters. The lowest BCUT2D eigenvalue weighted by atomic mass is 10.2. The fourth-order valence-electron chi connectivity index (χ4n) is 1.36. The second-order valence-electron chi connectivity index (χ2n) is 3.29. The molecule has 5 nitrogen and oxygen atoms in total. The van der Waals surface area contributed by atoms with E-state index in [2.05, 4.69) is 4.98 Å². The summed E-state index contributed by atoms with van der Waals surface area (Å²) >= 11 is 0. The maximum absolute atomic E-state index is 11.4. The summed E-state index contributed by atoms with van der Waals surface area (Å²) in [4.78, 5) is 41.9. The zero-order chi connectivity index (χ0) is 11.8. The van der Waals surface area contributed by atoms with Gasteiger partial charge in [-0.3, -0.25) is 4.98 Å². The molecule has 0 bridgehead atoms. The average molecular weight is 238 g/mol. The second-order valence-corrected chi connectivity index (χ2v) is 4.83. The fraction of sp³-hybridized carbons (Fsp3) is 0. The molecule has 0 aliphatic carbocycles. The van der Waals surface area contributed by atoms with Crippen LogP contribution in [0.4, 0.5) is 0 Å². The first-order valence-corrected chi connectivity index (χ1v) is 6.10. The third-order valence-corrected chi connectivity index (χ3v) is 2.91. The van der Waals surface area contributed by atoms with Crippen molar-refractivity contribution in [2.24, 2.45) is 0 Å². The molecular formula is C10H9NO4P+. The summed E-state index contributed by atoms with van der Waals surface area (Å²) in [6.07, 6.45) is 1.21. The van der Waals surface area contributed by atoms with Gasteiger partial charge in [-0.25, -0.2) is 4.79 Å². The highest BCUT2D eigenvalue weighted by molar-refractivity contribution is 7.76. The molecule has 3 N–H and O–H groups in total. The highest BCUT2D eigenvalue weighted by Crippen LogP contribution is 2.47. The van der Waals surface area contributed by atoms with Crippen LogP contribution in [0.5, 0.6) is 0 Å². The SMILES string of the molecule is O=C(c1cnc2ccccc2c1)[P+](O)(O)O. The number of rotatable bonds is 2. The molecule has 16 heavy (non-hydrogen) atoms. The van der Waals surface area contributed by atoms with Crippen molar-refractivity contribution in [3.63, 3.8) is 0 Å². The van der Waals surface area contributed by atoms with Crippen molar-refractivity contribution in [2.45, 2.75) is 0 Å². The van der Waals surface area contributed by atoms with E-state index in [-0.39, 0.29) is 5.56 Å². The second kappa shape index (κ2) is 3.88. The maximum atomic E-state index is 11.4. The summed E-state index contributed by atoms with van der Waals surface area (Å²) in [7, 11) is -4.49. The highest BCUT2D eigenvalue weighted by atomic mass is 31.2. The fourth-order valence-corrected chi connectivity index (χ4v) is 1.83. The minimum atomic E-state index is -4.49. The first-order valence-electron chi connectivity index (χ1n) is 4.45. The average Bonchev–Trinajstić information content (AvgIpc) is 2.26. The molecule has 1 heterocycles. The van der Waals surface area contributed by atoms with Crippen LogP contribution in [-0.2, 0) is 0 Å². The lowest BCUT2D eigenvalue weighted by Crippen LogP contribution is -2.05. The van der Waals surface area contributed by atoms with E-state index in [4.69, 9.17) is 14.7 Å². The van der Waals surface area contributed by atoms with Gasteiger partial charge in [-0.1, -0.05) is 18.2 Å². The van der Waals surface area contributed by atoms with Gasteiger partial charge in [0.2, 0.25) is 0 Å². The summed E-state index contributed by atoms with van der Waals surface area (Å²) < 4.78 is 0. The molecule has 1 aromatic heterocycles. The Morgan fingerprint density at radius 1 is 1.19 bits per heavy atom. The molecule has 2 aromatic rings. The van der Waals surface area contributed by atoms with Gasteiger partial charge in [0, 0.05) is 11.6 Å². The van der Waals surface area contributed by atoms with E-state index in [1.165, 1.54) is 12.3 Å². The van der Waals surface area contributed by atoms with Crippen LogP contribution in [0.3, 0.4) is 0 Å². The number of fused-ring (bicyclic) bond motifs is 1. The van der Waals surface area contributed by atoms with Crippen LogP contribution in [0, 0.1) is 0 Å². The Balaban J connectivity index is 2.52. The van der Waals surface area contributed by atoms with E-state index >= 15 is 0 Å². The van der Waals surface area contributed by atoms with E-state index in [9.17, 15) is 4.79 Å². The molecule has 0 aliphatic rings. The summed E-state index contributed by atoms with van der Waals surface area (Å²) in [5.41, 5.74) is -0.415. The topological polar surface area (TPSA) is 90.7 Å². The monoisotopic (exact) mass is 238 g/mol. The summed E-state index contributed by atoms with van der Waals surface area (Å²) in [6.45, 7) is 0. The van der Waals surface area contributed by atoms with Crippen LogP contribution in [-0.4, -0.2) is 25.2 Å². The van der Waals surface area contributed by atoms with E-state index in [1.807, 2.05) is 0 Å². The number of pyridine rings is 1. The Hall–Kier alpha value is -1.39. The Kier molecular flexibility index (Phi) is 2.69. The molecular weight excluding hydrogens is 229 g/mol. The number of aromatic nitrogens is 1. The molecule has 82 valence electrons. The molecule has 0 saturated carbocycles. The van der Waals surface area contributed by atoms with Crippen LogP contribution in [0.25, 0.3) is 10.9 Å². The summed E-state index contributed by atoms with van der Waals surface area (Å²) in [5, 5.41) is 0.696. The number of para-hydroxylation sites is 1. The third-order valence-electron chi connectivity index (χ3n) is 2.11. The zero-order valence-corrected chi connectivity index (χ0v) is 9.00. The molecule has 0 atom stereocenters. The standard InChI is InChI=1S/C10H9NO4P/c12-10(16(13,14)15)8-5-7-3-1-2-4-9(7)11-6-8/h1-6,13-15H/q+1. The number of nitrogens with zero attached hydrogens (tertiary/aromatic N) is 1. The molecule has 1 aromatic carbocycles. The largest absolute Gasteiger partial charge is 0.483 e. The Morgan fingerprint density at radius 3 is 2.56 bits per heavy atom. The Morgan fingerprint density at radius 2 is 1.88 bits per heavy atom. The molecule has 0 fully saturated rings.